The van der Waals surface area contributed by atoms with E-state index in [-0.39, 0.29) is 17.8 Å². The van der Waals surface area contributed by atoms with E-state index in [2.05, 4.69) is 0 Å². The zero-order valence-corrected chi connectivity index (χ0v) is 12.6. The number of carbonyl (C=O) groups excluding carboxylic acids is 1. The molecule has 114 valence electrons. The molecule has 0 aliphatic heterocycles. The van der Waals surface area contributed by atoms with Crippen LogP contribution in [0, 0.1) is 0 Å². The molecule has 21 heavy (non-hydrogen) atoms. The van der Waals surface area contributed by atoms with E-state index in [1.54, 1.807) is 18.2 Å². The summed E-state index contributed by atoms with van der Waals surface area (Å²) < 4.78 is 11.1. The van der Waals surface area contributed by atoms with Crippen LogP contribution < -0.4 is 9.47 Å². The lowest BCUT2D eigenvalue weighted by atomic mass is 10.1. The Balaban J connectivity index is 3.15. The van der Waals surface area contributed by atoms with Crippen molar-refractivity contribution in [1.29, 1.82) is 0 Å². The van der Waals surface area contributed by atoms with Gasteiger partial charge in [0.2, 0.25) is 0 Å². The van der Waals surface area contributed by atoms with Crippen LogP contribution >= 0.6 is 0 Å². The van der Waals surface area contributed by atoms with E-state index in [9.17, 15) is 9.59 Å². The molecule has 5 nitrogen and oxygen atoms in total. The highest BCUT2D eigenvalue weighted by atomic mass is 16.5. The normalized spacial score (nSPS) is 11.1. The summed E-state index contributed by atoms with van der Waals surface area (Å²) in [6.07, 6.45) is 1.68. The second-order valence-corrected chi connectivity index (χ2v) is 5.03. The first-order valence-corrected chi connectivity index (χ1v) is 6.72. The van der Waals surface area contributed by atoms with Crippen molar-refractivity contribution in [3.63, 3.8) is 0 Å². The molecule has 0 bridgehead atoms. The highest BCUT2D eigenvalue weighted by Gasteiger charge is 2.14. The predicted octanol–water partition coefficient (Wildman–Crippen LogP) is 3.08. The van der Waals surface area contributed by atoms with Crippen LogP contribution in [0.4, 0.5) is 0 Å². The molecule has 0 fully saturated rings. The Kier molecular flexibility index (Phi) is 5.96. The first-order valence-electron chi connectivity index (χ1n) is 6.72. The summed E-state index contributed by atoms with van der Waals surface area (Å²) in [5.41, 5.74) is 0.277. The Morgan fingerprint density at radius 3 is 2.19 bits per heavy atom. The standard InChI is InChI=1S/C16H20O5/c1-10(2)20-12-5-7-15(21-11(3)4)13(9-12)14(17)6-8-16(18)19/h5-11H,1-4H3,(H,18,19)/b8-6+. The van der Waals surface area contributed by atoms with E-state index < -0.39 is 11.8 Å². The minimum absolute atomic E-state index is 0.0284. The first-order chi connectivity index (χ1) is 9.79. The molecule has 0 spiro atoms. The number of benzene rings is 1. The van der Waals surface area contributed by atoms with Gasteiger partial charge in [0, 0.05) is 6.08 Å². The minimum atomic E-state index is -1.18. The largest absolute Gasteiger partial charge is 0.491 e. The van der Waals surface area contributed by atoms with Gasteiger partial charge in [-0.3, -0.25) is 4.79 Å². The maximum atomic E-state index is 12.1. The lowest BCUT2D eigenvalue weighted by Gasteiger charge is -2.15. The van der Waals surface area contributed by atoms with E-state index in [4.69, 9.17) is 14.6 Å². The third kappa shape index (κ3) is 5.69. The number of ether oxygens (including phenoxy) is 2. The van der Waals surface area contributed by atoms with Crippen LogP contribution in [0.15, 0.2) is 30.4 Å². The molecule has 1 aromatic carbocycles. The highest BCUT2D eigenvalue weighted by molar-refractivity contribution is 6.08. The summed E-state index contributed by atoms with van der Waals surface area (Å²) in [6, 6.07) is 4.93. The van der Waals surface area contributed by atoms with Gasteiger partial charge in [0.15, 0.2) is 5.78 Å². The van der Waals surface area contributed by atoms with Gasteiger partial charge in [0.25, 0.3) is 0 Å². The number of ketones is 1. The number of hydrogen-bond donors (Lipinski definition) is 1. The van der Waals surface area contributed by atoms with Gasteiger partial charge in [-0.1, -0.05) is 0 Å². The molecule has 0 unspecified atom stereocenters. The van der Waals surface area contributed by atoms with Crippen molar-refractivity contribution in [2.24, 2.45) is 0 Å². The van der Waals surface area contributed by atoms with Crippen LogP contribution in [0.3, 0.4) is 0 Å². The minimum Gasteiger partial charge on any atom is -0.491 e. The van der Waals surface area contributed by atoms with Gasteiger partial charge in [0.05, 0.1) is 17.8 Å². The average Bonchev–Trinajstić information content (AvgIpc) is 2.36. The van der Waals surface area contributed by atoms with Crippen molar-refractivity contribution in [3.8, 4) is 11.5 Å². The molecule has 0 heterocycles. The monoisotopic (exact) mass is 292 g/mol. The number of allylic oxidation sites excluding steroid dienone is 1. The van der Waals surface area contributed by atoms with Gasteiger partial charge in [-0.15, -0.1) is 0 Å². The Morgan fingerprint density at radius 1 is 1.05 bits per heavy atom. The summed E-state index contributed by atoms with van der Waals surface area (Å²) in [7, 11) is 0. The van der Waals surface area contributed by atoms with Gasteiger partial charge in [0.1, 0.15) is 11.5 Å². The summed E-state index contributed by atoms with van der Waals surface area (Å²) in [4.78, 5) is 22.6. The van der Waals surface area contributed by atoms with E-state index in [0.29, 0.717) is 11.5 Å². The Hall–Kier alpha value is -2.30. The molecule has 0 saturated heterocycles. The maximum absolute atomic E-state index is 12.1. The fourth-order valence-electron chi connectivity index (χ4n) is 1.64. The van der Waals surface area contributed by atoms with Crippen LogP contribution in [-0.2, 0) is 4.79 Å². The van der Waals surface area contributed by atoms with Gasteiger partial charge in [-0.05, 0) is 52.0 Å². The number of hydrogen-bond acceptors (Lipinski definition) is 4. The molecule has 5 heteroatoms. The molecular weight excluding hydrogens is 272 g/mol. The van der Waals surface area contributed by atoms with Gasteiger partial charge in [-0.25, -0.2) is 4.79 Å². The molecule has 1 N–H and O–H groups in total. The SMILES string of the molecule is CC(C)Oc1ccc(OC(C)C)c(C(=O)/C=C/C(=O)O)c1. The second kappa shape index (κ2) is 7.47. The predicted molar refractivity (Wildman–Crippen MR) is 79.1 cm³/mol. The smallest absolute Gasteiger partial charge is 0.328 e. The van der Waals surface area contributed by atoms with Crippen molar-refractivity contribution in [3.05, 3.63) is 35.9 Å². The molecule has 0 amide bonds. The molecule has 0 aromatic heterocycles. The Morgan fingerprint density at radius 2 is 1.67 bits per heavy atom. The Labute approximate surface area is 124 Å². The Bertz CT molecular complexity index is 544. The fourth-order valence-corrected chi connectivity index (χ4v) is 1.64. The van der Waals surface area contributed by atoms with Crippen LogP contribution in [0.5, 0.6) is 11.5 Å². The molecular formula is C16H20O5. The topological polar surface area (TPSA) is 72.8 Å². The number of carboxylic acid groups (broad SMARTS) is 1. The number of carboxylic acids is 1. The van der Waals surface area contributed by atoms with E-state index in [0.717, 1.165) is 12.2 Å². The summed E-state index contributed by atoms with van der Waals surface area (Å²) in [6.45, 7) is 7.45. The zero-order valence-electron chi connectivity index (χ0n) is 12.6. The third-order valence-electron chi connectivity index (χ3n) is 2.33. The van der Waals surface area contributed by atoms with Crippen LogP contribution in [0.25, 0.3) is 0 Å². The van der Waals surface area contributed by atoms with Crippen molar-refractivity contribution in [1.82, 2.24) is 0 Å². The first kappa shape index (κ1) is 16.8. The van der Waals surface area contributed by atoms with Crippen molar-refractivity contribution < 1.29 is 24.2 Å². The maximum Gasteiger partial charge on any atom is 0.328 e. The summed E-state index contributed by atoms with van der Waals surface area (Å²) in [5.74, 6) is -0.680. The van der Waals surface area contributed by atoms with Crippen molar-refractivity contribution in [2.75, 3.05) is 0 Å². The van der Waals surface area contributed by atoms with Gasteiger partial charge in [-0.2, -0.15) is 0 Å². The summed E-state index contributed by atoms with van der Waals surface area (Å²) >= 11 is 0. The summed E-state index contributed by atoms with van der Waals surface area (Å²) in [5, 5.41) is 8.60. The second-order valence-electron chi connectivity index (χ2n) is 5.03. The van der Waals surface area contributed by atoms with Crippen molar-refractivity contribution >= 4 is 11.8 Å². The lowest BCUT2D eigenvalue weighted by Crippen LogP contribution is -2.11. The molecule has 0 radical (unpaired) electrons. The van der Waals surface area contributed by atoms with Crippen LogP contribution in [-0.4, -0.2) is 29.1 Å². The molecule has 0 saturated carbocycles. The molecule has 1 aromatic rings. The number of aliphatic carboxylic acids is 1. The number of carbonyl (C=O) groups is 2. The zero-order chi connectivity index (χ0) is 16.0. The number of rotatable bonds is 7. The van der Waals surface area contributed by atoms with E-state index >= 15 is 0 Å². The van der Waals surface area contributed by atoms with E-state index in [1.807, 2.05) is 27.7 Å². The van der Waals surface area contributed by atoms with Crippen LogP contribution in [0.1, 0.15) is 38.1 Å². The lowest BCUT2D eigenvalue weighted by molar-refractivity contribution is -0.131. The van der Waals surface area contributed by atoms with Gasteiger partial charge < -0.3 is 14.6 Å². The molecule has 1 rings (SSSR count). The molecule has 0 aliphatic rings. The quantitative estimate of drug-likeness (QED) is 0.617. The molecule has 0 atom stereocenters. The van der Waals surface area contributed by atoms with E-state index in [1.165, 1.54) is 0 Å². The van der Waals surface area contributed by atoms with Crippen LogP contribution in [0.2, 0.25) is 0 Å². The van der Waals surface area contributed by atoms with Crippen molar-refractivity contribution in [2.45, 2.75) is 39.9 Å². The van der Waals surface area contributed by atoms with Gasteiger partial charge >= 0.3 is 5.97 Å². The molecule has 0 aliphatic carbocycles. The fraction of sp³-hybridized carbons (Fsp3) is 0.375. The average molecular weight is 292 g/mol. The highest BCUT2D eigenvalue weighted by Crippen LogP contribution is 2.26. The third-order valence-corrected chi connectivity index (χ3v) is 2.33.